The Morgan fingerprint density at radius 2 is 1.84 bits per heavy atom. The highest BCUT2D eigenvalue weighted by Gasteiger charge is 2.37. The summed E-state index contributed by atoms with van der Waals surface area (Å²) in [5, 5.41) is 3.02. The third-order valence-corrected chi connectivity index (χ3v) is 5.11. The van der Waals surface area contributed by atoms with E-state index < -0.39 is 0 Å². The quantitative estimate of drug-likeness (QED) is 0.916. The Morgan fingerprint density at radius 1 is 1.08 bits per heavy atom. The number of ether oxygens (including phenoxy) is 1. The average Bonchev–Trinajstić information content (AvgIpc) is 3.13. The van der Waals surface area contributed by atoms with Gasteiger partial charge in [-0.15, -0.1) is 0 Å². The molecule has 0 bridgehead atoms. The van der Waals surface area contributed by atoms with E-state index >= 15 is 0 Å². The molecule has 1 aromatic heterocycles. The lowest BCUT2D eigenvalue weighted by molar-refractivity contribution is 0.138. The molecule has 0 spiro atoms. The Kier molecular flexibility index (Phi) is 4.50. The van der Waals surface area contributed by atoms with Crippen molar-refractivity contribution in [2.45, 2.75) is 38.1 Å². The van der Waals surface area contributed by atoms with E-state index in [1.807, 2.05) is 17.0 Å². The van der Waals surface area contributed by atoms with Crippen molar-refractivity contribution in [3.63, 3.8) is 0 Å². The first-order valence-corrected chi connectivity index (χ1v) is 8.92. The molecule has 1 N–H and O–H groups in total. The van der Waals surface area contributed by atoms with Crippen molar-refractivity contribution >= 4 is 11.7 Å². The van der Waals surface area contributed by atoms with Crippen LogP contribution in [0.5, 0.6) is 11.8 Å². The minimum absolute atomic E-state index is 0.0108. The van der Waals surface area contributed by atoms with Crippen LogP contribution in [0.4, 0.5) is 10.5 Å². The van der Waals surface area contributed by atoms with Crippen LogP contribution in [0, 0.1) is 5.92 Å². The summed E-state index contributed by atoms with van der Waals surface area (Å²) in [4.78, 5) is 22.7. The topological polar surface area (TPSA) is 67.3 Å². The molecule has 2 atom stereocenters. The van der Waals surface area contributed by atoms with Gasteiger partial charge in [-0.3, -0.25) is 0 Å². The SMILES string of the molecule is O=C(Nc1ccc(Oc2ncccn2)cc1)N1CCC[C@H]2CCC[C@@H]21. The fraction of sp³-hybridized carbons (Fsp3) is 0.421. The molecule has 0 radical (unpaired) electrons. The number of nitrogens with zero attached hydrogens (tertiary/aromatic N) is 3. The van der Waals surface area contributed by atoms with Gasteiger partial charge in [0.05, 0.1) is 0 Å². The number of benzene rings is 1. The Hall–Kier alpha value is -2.63. The largest absolute Gasteiger partial charge is 0.424 e. The van der Waals surface area contributed by atoms with Crippen molar-refractivity contribution in [1.82, 2.24) is 14.9 Å². The van der Waals surface area contributed by atoms with E-state index in [2.05, 4.69) is 15.3 Å². The highest BCUT2D eigenvalue weighted by atomic mass is 16.5. The highest BCUT2D eigenvalue weighted by molar-refractivity contribution is 5.89. The van der Waals surface area contributed by atoms with Gasteiger partial charge >= 0.3 is 12.0 Å². The summed E-state index contributed by atoms with van der Waals surface area (Å²) in [7, 11) is 0. The molecule has 1 aromatic carbocycles. The maximum atomic E-state index is 12.6. The molecule has 130 valence electrons. The maximum Gasteiger partial charge on any atom is 0.322 e. The van der Waals surface area contributed by atoms with Crippen LogP contribution in [0.2, 0.25) is 0 Å². The van der Waals surface area contributed by atoms with Gasteiger partial charge in [0.15, 0.2) is 0 Å². The number of aromatic nitrogens is 2. The van der Waals surface area contributed by atoms with E-state index in [1.165, 1.54) is 19.3 Å². The maximum absolute atomic E-state index is 12.6. The normalized spacial score (nSPS) is 22.3. The van der Waals surface area contributed by atoms with Crippen molar-refractivity contribution in [1.29, 1.82) is 0 Å². The number of carbonyl (C=O) groups excluding carboxylic acids is 1. The molecule has 2 amide bonds. The lowest BCUT2D eigenvalue weighted by Crippen LogP contribution is -2.48. The van der Waals surface area contributed by atoms with E-state index in [4.69, 9.17) is 4.74 Å². The van der Waals surface area contributed by atoms with Crippen LogP contribution >= 0.6 is 0 Å². The summed E-state index contributed by atoms with van der Waals surface area (Å²) in [6.45, 7) is 0.861. The summed E-state index contributed by atoms with van der Waals surface area (Å²) in [5.74, 6) is 1.33. The van der Waals surface area contributed by atoms with E-state index in [-0.39, 0.29) is 6.03 Å². The summed E-state index contributed by atoms with van der Waals surface area (Å²) < 4.78 is 5.57. The van der Waals surface area contributed by atoms with Gasteiger partial charge < -0.3 is 15.0 Å². The van der Waals surface area contributed by atoms with Crippen molar-refractivity contribution in [2.75, 3.05) is 11.9 Å². The molecule has 1 saturated heterocycles. The first kappa shape index (κ1) is 15.9. The molecule has 6 nitrogen and oxygen atoms in total. The van der Waals surface area contributed by atoms with Crippen molar-refractivity contribution in [3.8, 4) is 11.8 Å². The molecule has 1 saturated carbocycles. The van der Waals surface area contributed by atoms with Crippen LogP contribution in [0.15, 0.2) is 42.7 Å². The molecule has 2 fully saturated rings. The smallest absolute Gasteiger partial charge is 0.322 e. The molecule has 4 rings (SSSR count). The van der Waals surface area contributed by atoms with Crippen LogP contribution in [0.1, 0.15) is 32.1 Å². The molecule has 25 heavy (non-hydrogen) atoms. The molecule has 2 aromatic rings. The van der Waals surface area contributed by atoms with Gasteiger partial charge in [0, 0.05) is 30.7 Å². The fourth-order valence-corrected chi connectivity index (χ4v) is 3.95. The van der Waals surface area contributed by atoms with E-state index in [1.54, 1.807) is 30.6 Å². The van der Waals surface area contributed by atoms with E-state index in [0.717, 1.165) is 25.1 Å². The zero-order valence-corrected chi connectivity index (χ0v) is 14.1. The van der Waals surface area contributed by atoms with Crippen LogP contribution in [0.3, 0.4) is 0 Å². The number of likely N-dealkylation sites (tertiary alicyclic amines) is 1. The summed E-state index contributed by atoms with van der Waals surface area (Å²) >= 11 is 0. The number of hydrogen-bond acceptors (Lipinski definition) is 4. The summed E-state index contributed by atoms with van der Waals surface area (Å²) in [6, 6.07) is 9.77. The monoisotopic (exact) mass is 338 g/mol. The number of piperidine rings is 1. The van der Waals surface area contributed by atoms with Gasteiger partial charge in [-0.25, -0.2) is 14.8 Å². The van der Waals surface area contributed by atoms with Crippen LogP contribution in [-0.2, 0) is 0 Å². The Morgan fingerprint density at radius 3 is 2.64 bits per heavy atom. The summed E-state index contributed by atoms with van der Waals surface area (Å²) in [5.41, 5.74) is 0.770. The lowest BCUT2D eigenvalue weighted by Gasteiger charge is -2.37. The van der Waals surface area contributed by atoms with Gasteiger partial charge in [0.25, 0.3) is 0 Å². The van der Waals surface area contributed by atoms with Gasteiger partial charge in [0.2, 0.25) is 0 Å². The number of carbonyl (C=O) groups is 1. The van der Waals surface area contributed by atoms with Gasteiger partial charge in [-0.05, 0) is 61.9 Å². The van der Waals surface area contributed by atoms with Gasteiger partial charge in [-0.2, -0.15) is 0 Å². The molecule has 1 aliphatic carbocycles. The van der Waals surface area contributed by atoms with Crippen molar-refractivity contribution in [2.24, 2.45) is 5.92 Å². The third kappa shape index (κ3) is 3.57. The van der Waals surface area contributed by atoms with Crippen LogP contribution in [0.25, 0.3) is 0 Å². The minimum Gasteiger partial charge on any atom is -0.424 e. The number of amides is 2. The first-order valence-electron chi connectivity index (χ1n) is 8.92. The second kappa shape index (κ2) is 7.09. The minimum atomic E-state index is 0.0108. The number of hydrogen-bond donors (Lipinski definition) is 1. The average molecular weight is 338 g/mol. The molecular weight excluding hydrogens is 316 g/mol. The predicted octanol–water partition coefficient (Wildman–Crippen LogP) is 4.07. The molecule has 2 aliphatic rings. The highest BCUT2D eigenvalue weighted by Crippen LogP contribution is 2.37. The molecule has 0 unspecified atom stereocenters. The molecule has 6 heteroatoms. The van der Waals surface area contributed by atoms with Crippen molar-refractivity contribution in [3.05, 3.63) is 42.7 Å². The Labute approximate surface area is 147 Å². The van der Waals surface area contributed by atoms with Crippen molar-refractivity contribution < 1.29 is 9.53 Å². The second-order valence-electron chi connectivity index (χ2n) is 6.68. The van der Waals surface area contributed by atoms with E-state index in [0.29, 0.717) is 23.7 Å². The zero-order valence-electron chi connectivity index (χ0n) is 14.1. The van der Waals surface area contributed by atoms with Gasteiger partial charge in [0.1, 0.15) is 5.75 Å². The first-order chi connectivity index (χ1) is 12.3. The third-order valence-electron chi connectivity index (χ3n) is 5.11. The Bertz CT molecular complexity index is 720. The standard InChI is InChI=1S/C19H22N4O2/c24-19(23-13-2-5-14-4-1-6-17(14)23)22-15-7-9-16(10-8-15)25-18-20-11-3-12-21-18/h3,7-12,14,17H,1-2,4-6,13H2,(H,22,24)/t14-,17+/m1/s1. The number of rotatable bonds is 3. The van der Waals surface area contributed by atoms with Crippen LogP contribution < -0.4 is 10.1 Å². The second-order valence-corrected chi connectivity index (χ2v) is 6.68. The van der Waals surface area contributed by atoms with Crippen LogP contribution in [-0.4, -0.2) is 33.5 Å². The number of nitrogens with one attached hydrogen (secondary N) is 1. The predicted molar refractivity (Wildman–Crippen MR) is 94.6 cm³/mol. The molecule has 2 heterocycles. The zero-order chi connectivity index (χ0) is 17.1. The molecule has 1 aliphatic heterocycles. The number of fused-ring (bicyclic) bond motifs is 1. The fourth-order valence-electron chi connectivity index (χ4n) is 3.95. The Balaban J connectivity index is 1.38. The number of urea groups is 1. The molecular formula is C19H22N4O2. The summed E-state index contributed by atoms with van der Waals surface area (Å²) in [6.07, 6.45) is 9.29. The lowest BCUT2D eigenvalue weighted by atomic mass is 9.92. The van der Waals surface area contributed by atoms with E-state index in [9.17, 15) is 4.79 Å². The van der Waals surface area contributed by atoms with Gasteiger partial charge in [-0.1, -0.05) is 6.42 Å². The number of anilines is 1.